The molecule has 0 aliphatic carbocycles. The third-order valence-electron chi connectivity index (χ3n) is 2.50. The number of aromatic nitrogens is 2. The molecule has 0 aliphatic heterocycles. The van der Waals surface area contributed by atoms with Gasteiger partial charge in [-0.1, -0.05) is 6.07 Å². The number of nitrogens with zero attached hydrogens (tertiary/aromatic N) is 1. The Bertz CT molecular complexity index is 529. The Morgan fingerprint density at radius 1 is 1.47 bits per heavy atom. The van der Waals surface area contributed by atoms with Crippen LogP contribution >= 0.6 is 12.2 Å². The Labute approximate surface area is 92.9 Å². The van der Waals surface area contributed by atoms with E-state index in [1.807, 2.05) is 6.07 Å². The van der Waals surface area contributed by atoms with Crippen molar-refractivity contribution in [2.45, 2.75) is 13.8 Å². The van der Waals surface area contributed by atoms with Crippen LogP contribution in [0.25, 0.3) is 10.9 Å². The molecule has 0 spiro atoms. The van der Waals surface area contributed by atoms with Crippen molar-refractivity contribution in [3.63, 3.8) is 0 Å². The van der Waals surface area contributed by atoms with Gasteiger partial charge in [0.05, 0.1) is 5.52 Å². The lowest BCUT2D eigenvalue weighted by Gasteiger charge is -2.04. The minimum atomic E-state index is 0.226. The van der Waals surface area contributed by atoms with Crippen molar-refractivity contribution in [3.8, 4) is 0 Å². The van der Waals surface area contributed by atoms with Crippen LogP contribution in [0.15, 0.2) is 12.1 Å². The van der Waals surface area contributed by atoms with Crippen LogP contribution in [0.5, 0.6) is 0 Å². The number of hydrogen-bond donors (Lipinski definition) is 3. The van der Waals surface area contributed by atoms with Crippen molar-refractivity contribution in [1.82, 2.24) is 10.2 Å². The molecule has 0 saturated heterocycles. The molecule has 0 aliphatic rings. The standard InChI is InChI=1S/C10H12N4S/c1-5-3-4-7-8(6(5)2)9(14-13-7)12-10(11)15/h3-4H,1-2H3,(H4,11,12,13,14,15). The quantitative estimate of drug-likeness (QED) is 0.641. The highest BCUT2D eigenvalue weighted by Crippen LogP contribution is 2.26. The Hall–Kier alpha value is -1.62. The van der Waals surface area contributed by atoms with E-state index < -0.39 is 0 Å². The summed E-state index contributed by atoms with van der Waals surface area (Å²) in [6, 6.07) is 4.05. The number of aryl methyl sites for hydroxylation is 2. The molecule has 4 nitrogen and oxygen atoms in total. The van der Waals surface area contributed by atoms with Crippen molar-refractivity contribution < 1.29 is 0 Å². The number of benzene rings is 1. The normalized spacial score (nSPS) is 10.5. The van der Waals surface area contributed by atoms with Gasteiger partial charge in [-0.2, -0.15) is 5.10 Å². The van der Waals surface area contributed by atoms with Crippen molar-refractivity contribution in [3.05, 3.63) is 23.3 Å². The van der Waals surface area contributed by atoms with Gasteiger partial charge in [0, 0.05) is 5.39 Å². The zero-order chi connectivity index (χ0) is 11.0. The van der Waals surface area contributed by atoms with Crippen LogP contribution in [0.2, 0.25) is 0 Å². The smallest absolute Gasteiger partial charge is 0.169 e. The molecular weight excluding hydrogens is 208 g/mol. The van der Waals surface area contributed by atoms with Gasteiger partial charge in [0.1, 0.15) is 0 Å². The molecule has 5 heteroatoms. The first-order valence-corrected chi connectivity index (χ1v) is 5.01. The summed E-state index contributed by atoms with van der Waals surface area (Å²) >= 11 is 4.80. The molecule has 1 aromatic heterocycles. The summed E-state index contributed by atoms with van der Waals surface area (Å²) in [4.78, 5) is 0. The van der Waals surface area contributed by atoms with Gasteiger partial charge in [-0.25, -0.2) is 0 Å². The molecule has 0 radical (unpaired) electrons. The third kappa shape index (κ3) is 1.66. The van der Waals surface area contributed by atoms with Gasteiger partial charge in [0.15, 0.2) is 10.9 Å². The lowest BCUT2D eigenvalue weighted by Crippen LogP contribution is -2.19. The van der Waals surface area contributed by atoms with Crippen LogP contribution in [0.3, 0.4) is 0 Å². The second kappa shape index (κ2) is 3.51. The van der Waals surface area contributed by atoms with Gasteiger partial charge in [0.25, 0.3) is 0 Å². The maximum Gasteiger partial charge on any atom is 0.169 e. The summed E-state index contributed by atoms with van der Waals surface area (Å²) in [6.07, 6.45) is 0. The van der Waals surface area contributed by atoms with Gasteiger partial charge in [-0.05, 0) is 43.3 Å². The molecule has 1 aromatic carbocycles. The van der Waals surface area contributed by atoms with Crippen LogP contribution in [0.4, 0.5) is 5.82 Å². The lowest BCUT2D eigenvalue weighted by atomic mass is 10.1. The summed E-state index contributed by atoms with van der Waals surface area (Å²) in [5, 5.41) is 11.2. The number of fused-ring (bicyclic) bond motifs is 1. The van der Waals surface area contributed by atoms with Gasteiger partial charge >= 0.3 is 0 Å². The highest BCUT2D eigenvalue weighted by molar-refractivity contribution is 7.80. The molecule has 0 atom stereocenters. The molecule has 4 N–H and O–H groups in total. The Morgan fingerprint density at radius 3 is 2.87 bits per heavy atom. The third-order valence-corrected chi connectivity index (χ3v) is 2.60. The van der Waals surface area contributed by atoms with E-state index in [9.17, 15) is 0 Å². The molecule has 2 rings (SSSR count). The first-order chi connectivity index (χ1) is 7.09. The van der Waals surface area contributed by atoms with Gasteiger partial charge < -0.3 is 11.1 Å². The van der Waals surface area contributed by atoms with E-state index in [1.165, 1.54) is 11.1 Å². The molecule has 0 amide bonds. The second-order valence-corrected chi connectivity index (χ2v) is 3.93. The van der Waals surface area contributed by atoms with Crippen LogP contribution in [0.1, 0.15) is 11.1 Å². The van der Waals surface area contributed by atoms with Crippen molar-refractivity contribution >= 4 is 34.1 Å². The van der Waals surface area contributed by atoms with Crippen molar-refractivity contribution in [1.29, 1.82) is 0 Å². The van der Waals surface area contributed by atoms with E-state index >= 15 is 0 Å². The Morgan fingerprint density at radius 2 is 2.20 bits per heavy atom. The molecule has 1 heterocycles. The largest absolute Gasteiger partial charge is 0.376 e. The first kappa shape index (κ1) is 9.92. The fourth-order valence-corrected chi connectivity index (χ4v) is 1.69. The SMILES string of the molecule is Cc1ccc2[nH]nc(NC(N)=S)c2c1C. The van der Waals surface area contributed by atoms with Gasteiger partial charge in [-0.3, -0.25) is 5.10 Å². The fourth-order valence-electron chi connectivity index (χ4n) is 1.59. The van der Waals surface area contributed by atoms with Crippen LogP contribution < -0.4 is 11.1 Å². The van der Waals surface area contributed by atoms with Gasteiger partial charge in [0.2, 0.25) is 0 Å². The summed E-state index contributed by atoms with van der Waals surface area (Å²) in [5.41, 5.74) is 8.81. The Balaban J connectivity index is 2.66. The molecule has 15 heavy (non-hydrogen) atoms. The van der Waals surface area contributed by atoms with Crippen molar-refractivity contribution in [2.75, 3.05) is 5.32 Å². The number of hydrogen-bond acceptors (Lipinski definition) is 2. The summed E-state index contributed by atoms with van der Waals surface area (Å²) < 4.78 is 0. The minimum absolute atomic E-state index is 0.226. The zero-order valence-corrected chi connectivity index (χ0v) is 9.40. The maximum absolute atomic E-state index is 5.43. The van der Waals surface area contributed by atoms with E-state index in [-0.39, 0.29) is 5.11 Å². The summed E-state index contributed by atoms with van der Waals surface area (Å²) in [6.45, 7) is 4.12. The number of aromatic amines is 1. The zero-order valence-electron chi connectivity index (χ0n) is 8.59. The van der Waals surface area contributed by atoms with E-state index in [2.05, 4.69) is 35.4 Å². The average molecular weight is 220 g/mol. The number of thiocarbonyl (C=S) groups is 1. The number of anilines is 1. The molecule has 0 bridgehead atoms. The molecule has 78 valence electrons. The van der Waals surface area contributed by atoms with Crippen molar-refractivity contribution in [2.24, 2.45) is 5.73 Å². The molecule has 0 saturated carbocycles. The number of nitrogens with two attached hydrogens (primary N) is 1. The molecule has 0 fully saturated rings. The number of H-pyrrole nitrogens is 1. The molecular formula is C10H12N4S. The predicted octanol–water partition coefficient (Wildman–Crippen LogP) is 1.84. The maximum atomic E-state index is 5.43. The summed E-state index contributed by atoms with van der Waals surface area (Å²) in [5.74, 6) is 0.693. The topological polar surface area (TPSA) is 66.7 Å². The van der Waals surface area contributed by atoms with Crippen LogP contribution in [-0.2, 0) is 0 Å². The van der Waals surface area contributed by atoms with Gasteiger partial charge in [-0.15, -0.1) is 0 Å². The minimum Gasteiger partial charge on any atom is -0.376 e. The van der Waals surface area contributed by atoms with E-state index in [0.29, 0.717) is 5.82 Å². The van der Waals surface area contributed by atoms with Crippen LogP contribution in [0, 0.1) is 13.8 Å². The molecule has 2 aromatic rings. The monoisotopic (exact) mass is 220 g/mol. The van der Waals surface area contributed by atoms with E-state index in [1.54, 1.807) is 0 Å². The van der Waals surface area contributed by atoms with E-state index in [4.69, 9.17) is 18.0 Å². The first-order valence-electron chi connectivity index (χ1n) is 4.60. The second-order valence-electron chi connectivity index (χ2n) is 3.49. The fraction of sp³-hybridized carbons (Fsp3) is 0.200. The number of rotatable bonds is 1. The van der Waals surface area contributed by atoms with Crippen LogP contribution in [-0.4, -0.2) is 15.3 Å². The molecule has 0 unspecified atom stereocenters. The highest BCUT2D eigenvalue weighted by Gasteiger charge is 2.09. The lowest BCUT2D eigenvalue weighted by molar-refractivity contribution is 1.12. The Kier molecular flexibility index (Phi) is 2.32. The van der Waals surface area contributed by atoms with E-state index in [0.717, 1.165) is 10.9 Å². The predicted molar refractivity (Wildman–Crippen MR) is 66.0 cm³/mol. The summed E-state index contributed by atoms with van der Waals surface area (Å²) in [7, 11) is 0. The average Bonchev–Trinajstić information content (AvgIpc) is 2.55. The number of nitrogens with one attached hydrogen (secondary N) is 2. The highest BCUT2D eigenvalue weighted by atomic mass is 32.1.